The Kier molecular flexibility index (Phi) is 5.54. The zero-order valence-corrected chi connectivity index (χ0v) is 19.5. The van der Waals surface area contributed by atoms with Crippen LogP contribution >= 0.6 is 0 Å². The Balaban J connectivity index is 1.15. The number of aromatic amines is 1. The highest BCUT2D eigenvalue weighted by molar-refractivity contribution is 5.73. The number of aromatic nitrogens is 5. The van der Waals surface area contributed by atoms with Crippen LogP contribution in [0.2, 0.25) is 0 Å². The van der Waals surface area contributed by atoms with Gasteiger partial charge in [-0.05, 0) is 44.1 Å². The highest BCUT2D eigenvalue weighted by Gasteiger charge is 2.58. The molecule has 4 fully saturated rings. The van der Waals surface area contributed by atoms with Crippen molar-refractivity contribution < 1.29 is 27.4 Å². The summed E-state index contributed by atoms with van der Waals surface area (Å²) in [7, 11) is 1.51. The minimum Gasteiger partial charge on any atom is -0.443 e. The molecule has 192 valence electrons. The van der Waals surface area contributed by atoms with Crippen LogP contribution in [0.15, 0.2) is 18.3 Å². The molecule has 0 aromatic carbocycles. The van der Waals surface area contributed by atoms with Gasteiger partial charge in [-0.15, -0.1) is 0 Å². The molecule has 3 aromatic rings. The molecule has 3 heterocycles. The van der Waals surface area contributed by atoms with E-state index in [1.54, 1.807) is 12.1 Å². The fraction of sp³-hybridized carbons (Fsp3) is 0.565. The van der Waals surface area contributed by atoms with Crippen molar-refractivity contribution in [2.75, 3.05) is 12.4 Å². The number of methoxy groups -OCH3 is 1. The second kappa shape index (κ2) is 8.64. The first-order valence-corrected chi connectivity index (χ1v) is 11.9. The number of carbonyl (C=O) groups excluding carboxylic acids is 1. The van der Waals surface area contributed by atoms with E-state index in [1.807, 2.05) is 0 Å². The minimum absolute atomic E-state index is 0.129. The average Bonchev–Trinajstić information content (AvgIpc) is 3.49. The van der Waals surface area contributed by atoms with Crippen molar-refractivity contribution in [3.05, 3.63) is 35.4 Å². The minimum atomic E-state index is -2.80. The van der Waals surface area contributed by atoms with Crippen LogP contribution in [0.1, 0.15) is 61.5 Å². The fourth-order valence-electron chi connectivity index (χ4n) is 5.58. The molecule has 0 radical (unpaired) electrons. The Morgan fingerprint density at radius 3 is 2.81 bits per heavy atom. The van der Waals surface area contributed by atoms with Crippen molar-refractivity contribution in [1.82, 2.24) is 30.1 Å². The summed E-state index contributed by atoms with van der Waals surface area (Å²) in [4.78, 5) is 16.3. The lowest BCUT2D eigenvalue weighted by atomic mass is 9.50. The molecule has 7 rings (SSSR count). The number of nitrogens with one attached hydrogen (secondary N) is 3. The van der Waals surface area contributed by atoms with Crippen LogP contribution < -0.4 is 10.6 Å². The second-order valence-electron chi connectivity index (χ2n) is 10.0. The number of H-pyrrole nitrogens is 1. The maximum atomic E-state index is 15.2. The Hall–Kier alpha value is -3.35. The molecule has 3 N–H and O–H groups in total. The summed E-state index contributed by atoms with van der Waals surface area (Å²) in [5, 5.41) is 17.1. The number of nitrogens with zero attached hydrogens (tertiary/aromatic N) is 4. The van der Waals surface area contributed by atoms with Crippen molar-refractivity contribution in [3.63, 3.8) is 0 Å². The SMILES string of the molecule is COCc1cc2c(Nc3cc([C@@H]4CC[C@H](OC(=O)NC56CC(C5)C6)[C@H]4F)[nH]n3)nc(C(F)F)cn2n1. The third-order valence-electron chi connectivity index (χ3n) is 7.45. The molecular weight excluding hydrogens is 479 g/mol. The first kappa shape index (κ1) is 23.1. The number of alkyl carbamates (subject to hydrolysis) is 1. The number of amides is 1. The first-order valence-electron chi connectivity index (χ1n) is 11.9. The van der Waals surface area contributed by atoms with Gasteiger partial charge in [-0.25, -0.2) is 27.5 Å². The van der Waals surface area contributed by atoms with E-state index in [9.17, 15) is 13.6 Å². The van der Waals surface area contributed by atoms with Crippen LogP contribution in [-0.2, 0) is 16.1 Å². The van der Waals surface area contributed by atoms with Crippen LogP contribution in [0.5, 0.6) is 0 Å². The molecule has 0 spiro atoms. The molecule has 0 unspecified atom stereocenters. The third-order valence-corrected chi connectivity index (χ3v) is 7.45. The predicted octanol–water partition coefficient (Wildman–Crippen LogP) is 4.14. The molecule has 36 heavy (non-hydrogen) atoms. The average molecular weight is 506 g/mol. The van der Waals surface area contributed by atoms with Crippen LogP contribution in [0.4, 0.5) is 29.6 Å². The van der Waals surface area contributed by atoms with Crippen LogP contribution in [-0.4, -0.2) is 55.8 Å². The lowest BCUT2D eigenvalue weighted by Crippen LogP contribution is -2.68. The number of rotatable bonds is 8. The highest BCUT2D eigenvalue weighted by atomic mass is 19.3. The van der Waals surface area contributed by atoms with Gasteiger partial charge in [0.15, 0.2) is 11.6 Å². The monoisotopic (exact) mass is 505 g/mol. The highest BCUT2D eigenvalue weighted by Crippen LogP contribution is 2.57. The van der Waals surface area contributed by atoms with Crippen LogP contribution in [0.3, 0.4) is 0 Å². The molecule has 4 aliphatic carbocycles. The van der Waals surface area contributed by atoms with E-state index in [2.05, 4.69) is 30.9 Å². The standard InChI is InChI=1S/C23H26F3N7O3/c1-35-10-12-4-16-21(27-15(20(25)26)9-33(16)32-12)28-18-5-14(30-31-18)13-2-3-17(19(13)24)36-22(34)29-23-6-11(7-23)8-23/h4-5,9,11,13,17,19-20H,2-3,6-8,10H2,1H3,(H,29,34)(H2,27,28,30,31)/t11?,13-,17-,19-,23?/m0/s1. The zero-order valence-electron chi connectivity index (χ0n) is 19.5. The molecule has 2 bridgehead atoms. The number of anilines is 2. The number of ether oxygens (including phenoxy) is 2. The van der Waals surface area contributed by atoms with Crippen molar-refractivity contribution in [1.29, 1.82) is 0 Å². The Morgan fingerprint density at radius 1 is 1.31 bits per heavy atom. The summed E-state index contributed by atoms with van der Waals surface area (Å²) in [6.45, 7) is 0.208. The third kappa shape index (κ3) is 4.04. The van der Waals surface area contributed by atoms with Crippen LogP contribution in [0, 0.1) is 5.92 Å². The molecule has 4 saturated carbocycles. The summed E-state index contributed by atoms with van der Waals surface area (Å²) in [6, 6.07) is 3.29. The molecular formula is C23H26F3N7O3. The molecule has 1 amide bonds. The molecule has 0 aliphatic heterocycles. The Morgan fingerprint density at radius 2 is 2.11 bits per heavy atom. The van der Waals surface area contributed by atoms with Crippen molar-refractivity contribution in [2.24, 2.45) is 5.92 Å². The summed E-state index contributed by atoms with van der Waals surface area (Å²) in [6.07, 6.45) is -0.616. The van der Waals surface area contributed by atoms with Crippen molar-refractivity contribution in [3.8, 4) is 0 Å². The van der Waals surface area contributed by atoms with Crippen LogP contribution in [0.25, 0.3) is 5.52 Å². The number of hydrogen-bond acceptors (Lipinski definition) is 7. The lowest BCUT2D eigenvalue weighted by Gasteiger charge is -2.61. The number of halogens is 3. The van der Waals surface area contributed by atoms with Gasteiger partial charge in [-0.2, -0.15) is 10.2 Å². The molecule has 4 aliphatic rings. The molecule has 10 nitrogen and oxygen atoms in total. The molecule has 3 aromatic heterocycles. The normalized spacial score (nSPS) is 28.7. The first-order chi connectivity index (χ1) is 17.3. The molecule has 13 heteroatoms. The number of hydrogen-bond donors (Lipinski definition) is 3. The Bertz CT molecular complexity index is 1280. The van der Waals surface area contributed by atoms with Gasteiger partial charge < -0.3 is 20.1 Å². The lowest BCUT2D eigenvalue weighted by molar-refractivity contribution is -0.0532. The van der Waals surface area contributed by atoms with E-state index < -0.39 is 36.4 Å². The zero-order chi connectivity index (χ0) is 25.0. The van der Waals surface area contributed by atoms with Gasteiger partial charge in [0.25, 0.3) is 6.43 Å². The quantitative estimate of drug-likeness (QED) is 0.421. The number of alkyl halides is 3. The number of fused-ring (bicyclic) bond motifs is 1. The second-order valence-corrected chi connectivity index (χ2v) is 10.0. The van der Waals surface area contributed by atoms with E-state index in [0.29, 0.717) is 41.5 Å². The summed E-state index contributed by atoms with van der Waals surface area (Å²) >= 11 is 0. The van der Waals surface area contributed by atoms with Gasteiger partial charge in [0, 0.05) is 30.3 Å². The summed E-state index contributed by atoms with van der Waals surface area (Å²) in [5.41, 5.74) is 0.946. The topological polar surface area (TPSA) is 118 Å². The fourth-order valence-corrected chi connectivity index (χ4v) is 5.58. The summed E-state index contributed by atoms with van der Waals surface area (Å²) in [5.74, 6) is 0.599. The van der Waals surface area contributed by atoms with Gasteiger partial charge in [-0.3, -0.25) is 5.10 Å². The van der Waals surface area contributed by atoms with Gasteiger partial charge in [0.2, 0.25) is 0 Å². The van der Waals surface area contributed by atoms with Gasteiger partial charge in [0.1, 0.15) is 23.5 Å². The maximum Gasteiger partial charge on any atom is 0.407 e. The molecule has 3 atom stereocenters. The van der Waals surface area contributed by atoms with E-state index in [1.165, 1.54) is 11.6 Å². The van der Waals surface area contributed by atoms with E-state index in [-0.39, 0.29) is 18.0 Å². The molecule has 0 saturated heterocycles. The number of carbonyl (C=O) groups is 1. The van der Waals surface area contributed by atoms with E-state index in [4.69, 9.17) is 9.47 Å². The maximum absolute atomic E-state index is 15.2. The van der Waals surface area contributed by atoms with Gasteiger partial charge >= 0.3 is 6.09 Å². The Labute approximate surface area is 203 Å². The van der Waals surface area contributed by atoms with E-state index >= 15 is 4.39 Å². The largest absolute Gasteiger partial charge is 0.443 e. The van der Waals surface area contributed by atoms with Crippen molar-refractivity contribution in [2.45, 2.75) is 68.9 Å². The smallest absolute Gasteiger partial charge is 0.407 e. The van der Waals surface area contributed by atoms with E-state index in [0.717, 1.165) is 25.5 Å². The predicted molar refractivity (Wildman–Crippen MR) is 121 cm³/mol. The van der Waals surface area contributed by atoms with Crippen molar-refractivity contribution >= 4 is 23.2 Å². The van der Waals surface area contributed by atoms with Gasteiger partial charge in [0.05, 0.1) is 18.5 Å². The summed E-state index contributed by atoms with van der Waals surface area (Å²) < 4.78 is 53.8. The van der Waals surface area contributed by atoms with Gasteiger partial charge in [-0.1, -0.05) is 0 Å².